The molecule has 0 aromatic heterocycles. The van der Waals surface area contributed by atoms with E-state index in [9.17, 15) is 0 Å². The first-order chi connectivity index (χ1) is 7.87. The van der Waals surface area contributed by atoms with Crippen LogP contribution in [0.2, 0.25) is 0 Å². The first-order valence-electron chi connectivity index (χ1n) is 7.30. The Hall–Kier alpha value is -0.0800. The molecule has 110 valence electrons. The summed E-state index contributed by atoms with van der Waals surface area (Å²) in [7, 11) is 2.25. The van der Waals surface area contributed by atoms with Crippen molar-refractivity contribution in [1.29, 1.82) is 0 Å². The molecule has 0 spiro atoms. The molecule has 2 heteroatoms. The third-order valence-corrected chi connectivity index (χ3v) is 3.29. The van der Waals surface area contributed by atoms with E-state index in [1.54, 1.807) is 0 Å². The van der Waals surface area contributed by atoms with Crippen LogP contribution in [0.5, 0.6) is 0 Å². The highest BCUT2D eigenvalue weighted by molar-refractivity contribution is 4.83. The van der Waals surface area contributed by atoms with Gasteiger partial charge in [0.15, 0.2) is 0 Å². The molecule has 0 amide bonds. The monoisotopic (exact) mass is 256 g/mol. The van der Waals surface area contributed by atoms with Crippen molar-refractivity contribution in [3.63, 3.8) is 0 Å². The lowest BCUT2D eigenvalue weighted by Gasteiger charge is -2.38. The standard InChI is InChI=1S/C16H36N2/c1-10-16(8,11-17-15(5,6)7)13-18(9)12-14(2,3)4/h17H,10-13H2,1-9H3. The van der Waals surface area contributed by atoms with Crippen LogP contribution in [-0.4, -0.2) is 37.1 Å². The van der Waals surface area contributed by atoms with E-state index in [1.165, 1.54) is 6.42 Å². The molecule has 2 nitrogen and oxygen atoms in total. The van der Waals surface area contributed by atoms with Crippen molar-refractivity contribution in [3.8, 4) is 0 Å². The van der Waals surface area contributed by atoms with E-state index >= 15 is 0 Å². The van der Waals surface area contributed by atoms with Crippen LogP contribution in [0.1, 0.15) is 61.8 Å². The van der Waals surface area contributed by atoms with Gasteiger partial charge in [-0.15, -0.1) is 0 Å². The van der Waals surface area contributed by atoms with Gasteiger partial charge in [-0.2, -0.15) is 0 Å². The Morgan fingerprint density at radius 2 is 1.39 bits per heavy atom. The smallest absolute Gasteiger partial charge is 0.00967 e. The molecule has 18 heavy (non-hydrogen) atoms. The minimum absolute atomic E-state index is 0.207. The van der Waals surface area contributed by atoms with Crippen molar-refractivity contribution in [2.45, 2.75) is 67.3 Å². The maximum absolute atomic E-state index is 3.65. The van der Waals surface area contributed by atoms with E-state index in [0.29, 0.717) is 10.8 Å². The summed E-state index contributed by atoms with van der Waals surface area (Å²) in [6.45, 7) is 21.7. The zero-order valence-electron chi connectivity index (χ0n) is 14.3. The van der Waals surface area contributed by atoms with Gasteiger partial charge in [0.1, 0.15) is 0 Å². The maximum atomic E-state index is 3.65. The second kappa shape index (κ2) is 6.38. The van der Waals surface area contributed by atoms with Gasteiger partial charge in [0.05, 0.1) is 0 Å². The highest BCUT2D eigenvalue weighted by Crippen LogP contribution is 2.24. The highest BCUT2D eigenvalue weighted by atomic mass is 15.1. The lowest BCUT2D eigenvalue weighted by Crippen LogP contribution is -2.47. The van der Waals surface area contributed by atoms with Gasteiger partial charge in [0.2, 0.25) is 0 Å². The summed E-state index contributed by atoms with van der Waals surface area (Å²) in [6.07, 6.45) is 1.21. The van der Waals surface area contributed by atoms with Crippen LogP contribution in [0.15, 0.2) is 0 Å². The predicted molar refractivity (Wildman–Crippen MR) is 83.1 cm³/mol. The van der Waals surface area contributed by atoms with Gasteiger partial charge in [-0.05, 0) is 45.1 Å². The third kappa shape index (κ3) is 8.93. The van der Waals surface area contributed by atoms with Crippen molar-refractivity contribution < 1.29 is 0 Å². The molecular formula is C16H36N2. The van der Waals surface area contributed by atoms with E-state index < -0.39 is 0 Å². The second-order valence-corrected chi connectivity index (χ2v) is 8.50. The number of rotatable bonds is 6. The Morgan fingerprint density at radius 1 is 0.889 bits per heavy atom. The molecule has 0 aromatic carbocycles. The third-order valence-electron chi connectivity index (χ3n) is 3.29. The average molecular weight is 256 g/mol. The zero-order chi connectivity index (χ0) is 14.6. The first kappa shape index (κ1) is 17.9. The zero-order valence-corrected chi connectivity index (χ0v) is 14.3. The molecule has 0 fully saturated rings. The van der Waals surface area contributed by atoms with Crippen LogP contribution < -0.4 is 5.32 Å². The molecule has 0 radical (unpaired) electrons. The van der Waals surface area contributed by atoms with Crippen molar-refractivity contribution in [1.82, 2.24) is 10.2 Å². The summed E-state index contributed by atoms with van der Waals surface area (Å²) in [5.41, 5.74) is 0.938. The van der Waals surface area contributed by atoms with Gasteiger partial charge < -0.3 is 10.2 Å². The fourth-order valence-corrected chi connectivity index (χ4v) is 2.29. The van der Waals surface area contributed by atoms with Gasteiger partial charge in [0.25, 0.3) is 0 Å². The summed E-state index contributed by atoms with van der Waals surface area (Å²) in [4.78, 5) is 2.48. The Labute approximate surface area is 116 Å². The van der Waals surface area contributed by atoms with Gasteiger partial charge in [-0.1, -0.05) is 34.6 Å². The minimum Gasteiger partial charge on any atom is -0.311 e. The van der Waals surface area contributed by atoms with E-state index in [-0.39, 0.29) is 5.54 Å². The van der Waals surface area contributed by atoms with Crippen LogP contribution in [0, 0.1) is 10.8 Å². The highest BCUT2D eigenvalue weighted by Gasteiger charge is 2.27. The topological polar surface area (TPSA) is 15.3 Å². The molecule has 0 aliphatic rings. The molecular weight excluding hydrogens is 220 g/mol. The van der Waals surface area contributed by atoms with Crippen molar-refractivity contribution in [3.05, 3.63) is 0 Å². The maximum Gasteiger partial charge on any atom is 0.00967 e. The Balaban J connectivity index is 4.38. The molecule has 1 N–H and O–H groups in total. The normalized spacial score (nSPS) is 17.0. The molecule has 0 bridgehead atoms. The van der Waals surface area contributed by atoms with Crippen molar-refractivity contribution >= 4 is 0 Å². The van der Waals surface area contributed by atoms with E-state index in [0.717, 1.165) is 19.6 Å². The lowest BCUT2D eigenvalue weighted by atomic mass is 9.85. The van der Waals surface area contributed by atoms with Gasteiger partial charge >= 0.3 is 0 Å². The van der Waals surface area contributed by atoms with Gasteiger partial charge in [-0.25, -0.2) is 0 Å². The van der Waals surface area contributed by atoms with Gasteiger partial charge in [-0.3, -0.25) is 0 Å². The van der Waals surface area contributed by atoms with Crippen LogP contribution >= 0.6 is 0 Å². The van der Waals surface area contributed by atoms with Crippen molar-refractivity contribution in [2.24, 2.45) is 10.8 Å². The molecule has 0 heterocycles. The number of hydrogen-bond donors (Lipinski definition) is 1. The Kier molecular flexibility index (Phi) is 6.35. The molecule has 1 unspecified atom stereocenters. The summed E-state index contributed by atoms with van der Waals surface area (Å²) in [6, 6.07) is 0. The number of nitrogens with zero attached hydrogens (tertiary/aromatic N) is 1. The Morgan fingerprint density at radius 3 is 1.72 bits per heavy atom. The van der Waals surface area contributed by atoms with Crippen molar-refractivity contribution in [2.75, 3.05) is 26.7 Å². The van der Waals surface area contributed by atoms with E-state index in [2.05, 4.69) is 72.7 Å². The van der Waals surface area contributed by atoms with E-state index in [4.69, 9.17) is 0 Å². The fraction of sp³-hybridized carbons (Fsp3) is 1.00. The number of nitrogens with one attached hydrogen (secondary N) is 1. The van der Waals surface area contributed by atoms with Crippen LogP contribution in [0.3, 0.4) is 0 Å². The molecule has 0 aliphatic heterocycles. The van der Waals surface area contributed by atoms with E-state index in [1.807, 2.05) is 0 Å². The average Bonchev–Trinajstić information content (AvgIpc) is 2.10. The molecule has 0 aromatic rings. The number of hydrogen-bond acceptors (Lipinski definition) is 2. The lowest BCUT2D eigenvalue weighted by molar-refractivity contribution is 0.136. The molecule has 0 rings (SSSR count). The molecule has 0 saturated carbocycles. The van der Waals surface area contributed by atoms with Gasteiger partial charge in [0, 0.05) is 25.2 Å². The predicted octanol–water partition coefficient (Wildman–Crippen LogP) is 3.77. The fourth-order valence-electron chi connectivity index (χ4n) is 2.29. The van der Waals surface area contributed by atoms with Crippen LogP contribution in [0.4, 0.5) is 0 Å². The molecule has 0 aliphatic carbocycles. The minimum atomic E-state index is 0.207. The largest absolute Gasteiger partial charge is 0.311 e. The summed E-state index contributed by atoms with van der Waals surface area (Å²) in [5, 5.41) is 3.65. The molecule has 1 atom stereocenters. The van der Waals surface area contributed by atoms with Crippen LogP contribution in [-0.2, 0) is 0 Å². The quantitative estimate of drug-likeness (QED) is 0.778. The first-order valence-corrected chi connectivity index (χ1v) is 7.30. The summed E-state index contributed by atoms with van der Waals surface area (Å²) >= 11 is 0. The SMILES string of the molecule is CCC(C)(CNC(C)(C)C)CN(C)CC(C)(C)C. The summed E-state index contributed by atoms with van der Waals surface area (Å²) in [5.74, 6) is 0. The second-order valence-electron chi connectivity index (χ2n) is 8.50. The summed E-state index contributed by atoms with van der Waals surface area (Å²) < 4.78 is 0. The Bertz CT molecular complexity index is 234. The molecule has 0 saturated heterocycles. The van der Waals surface area contributed by atoms with Crippen LogP contribution in [0.25, 0.3) is 0 Å².